The Morgan fingerprint density at radius 3 is 2.86 bits per heavy atom. The molecule has 5 rings (SSSR count). The van der Waals surface area contributed by atoms with Crippen LogP contribution in [0.4, 0.5) is 0 Å². The van der Waals surface area contributed by atoms with Crippen LogP contribution in [0, 0.1) is 5.92 Å². The number of benzene rings is 1. The van der Waals surface area contributed by atoms with Crippen LogP contribution in [0.1, 0.15) is 48.0 Å². The average Bonchev–Trinajstić information content (AvgIpc) is 3.49. The van der Waals surface area contributed by atoms with E-state index in [1.54, 1.807) is 24.4 Å². The quantitative estimate of drug-likeness (QED) is 0.558. The molecule has 1 aliphatic carbocycles. The minimum Gasteiger partial charge on any atom is -0.481 e. The van der Waals surface area contributed by atoms with E-state index in [2.05, 4.69) is 27.1 Å². The minimum atomic E-state index is -0.674. The molecular formula is C26H30N4O5. The lowest BCUT2D eigenvalue weighted by molar-refractivity contribution is -0.137. The second kappa shape index (κ2) is 9.56. The second-order valence-corrected chi connectivity index (χ2v) is 9.32. The van der Waals surface area contributed by atoms with E-state index >= 15 is 0 Å². The Bertz CT molecular complexity index is 1140. The van der Waals surface area contributed by atoms with Crippen molar-refractivity contribution in [2.45, 2.75) is 37.7 Å². The maximum atomic E-state index is 13.0. The van der Waals surface area contributed by atoms with Crippen molar-refractivity contribution in [2.24, 2.45) is 5.92 Å². The van der Waals surface area contributed by atoms with Gasteiger partial charge < -0.3 is 24.0 Å². The number of nitrogens with zero attached hydrogens (tertiary/aromatic N) is 4. The van der Waals surface area contributed by atoms with E-state index in [4.69, 9.17) is 14.2 Å². The van der Waals surface area contributed by atoms with Crippen molar-refractivity contribution >= 4 is 11.9 Å². The van der Waals surface area contributed by atoms with Crippen molar-refractivity contribution in [1.29, 1.82) is 0 Å². The number of fused-ring (bicyclic) bond motifs is 2. The van der Waals surface area contributed by atoms with Crippen molar-refractivity contribution in [3.63, 3.8) is 0 Å². The number of aromatic nitrogens is 2. The first-order valence-corrected chi connectivity index (χ1v) is 12.1. The van der Waals surface area contributed by atoms with Gasteiger partial charge >= 0.3 is 12.0 Å². The Morgan fingerprint density at radius 2 is 2.11 bits per heavy atom. The Labute approximate surface area is 204 Å². The first-order chi connectivity index (χ1) is 17.0. The normalized spacial score (nSPS) is 22.7. The third-order valence-electron chi connectivity index (χ3n) is 7.16. The number of hydrogen-bond donors (Lipinski definition) is 0. The van der Waals surface area contributed by atoms with Gasteiger partial charge in [-0.3, -0.25) is 4.79 Å². The van der Waals surface area contributed by atoms with Crippen molar-refractivity contribution in [3.8, 4) is 17.6 Å². The number of likely N-dealkylation sites (N-methyl/N-ethyl adjacent to an activating group) is 1. The lowest BCUT2D eigenvalue weighted by Gasteiger charge is -2.37. The molecule has 1 aromatic carbocycles. The number of carbonyl (C=O) groups is 2. The maximum absolute atomic E-state index is 13.0. The molecule has 0 bridgehead atoms. The summed E-state index contributed by atoms with van der Waals surface area (Å²) < 4.78 is 16.8. The number of amides is 1. The zero-order valence-electron chi connectivity index (χ0n) is 20.1. The van der Waals surface area contributed by atoms with Gasteiger partial charge in [0.25, 0.3) is 0 Å². The zero-order valence-corrected chi connectivity index (χ0v) is 20.1. The standard InChI is InChI=1S/C26H30N4O5/c1-29(15-16-30-13-3-4-14-30)23(31)18-7-10-26(11-8-18)21-6-5-19(17-20(21)24(32)35-26)34-25-27-12-9-22(28-25)33-2/h3,5-6,9,12-13,17-18H,4,7-8,10-11,14-16H2,1-2H3. The highest BCUT2D eigenvalue weighted by Crippen LogP contribution is 2.49. The Morgan fingerprint density at radius 1 is 1.29 bits per heavy atom. The molecule has 1 fully saturated rings. The molecule has 0 unspecified atom stereocenters. The van der Waals surface area contributed by atoms with Gasteiger partial charge in [-0.1, -0.05) is 12.1 Å². The van der Waals surface area contributed by atoms with Crippen LogP contribution < -0.4 is 9.47 Å². The number of carbonyl (C=O) groups excluding carboxylic acids is 2. The monoisotopic (exact) mass is 478 g/mol. The lowest BCUT2D eigenvalue weighted by Crippen LogP contribution is -2.41. The molecule has 0 radical (unpaired) electrons. The summed E-state index contributed by atoms with van der Waals surface area (Å²) in [5, 5.41) is 0. The zero-order chi connectivity index (χ0) is 24.4. The first-order valence-electron chi connectivity index (χ1n) is 12.1. The van der Waals surface area contributed by atoms with Gasteiger partial charge in [0.2, 0.25) is 11.8 Å². The van der Waals surface area contributed by atoms with Crippen LogP contribution in [0.15, 0.2) is 42.7 Å². The van der Waals surface area contributed by atoms with E-state index in [0.717, 1.165) is 25.1 Å². The number of hydrogen-bond acceptors (Lipinski definition) is 8. The number of ether oxygens (including phenoxy) is 3. The maximum Gasteiger partial charge on any atom is 0.339 e. The SMILES string of the molecule is COc1ccnc(Oc2ccc3c(c2)C(=O)OC32CCC(C(=O)N(C)CCN3C=CCC3)CC2)n1. The van der Waals surface area contributed by atoms with Crippen LogP contribution in [0.2, 0.25) is 0 Å². The molecule has 1 spiro atoms. The van der Waals surface area contributed by atoms with E-state index < -0.39 is 5.60 Å². The molecule has 1 amide bonds. The summed E-state index contributed by atoms with van der Waals surface area (Å²) in [5.41, 5.74) is 0.681. The van der Waals surface area contributed by atoms with Crippen LogP contribution in [0.5, 0.6) is 17.6 Å². The molecule has 1 aromatic heterocycles. The molecule has 3 heterocycles. The van der Waals surface area contributed by atoms with E-state index in [-0.39, 0.29) is 23.8 Å². The fraction of sp³-hybridized carbons (Fsp3) is 0.462. The predicted molar refractivity (Wildman–Crippen MR) is 127 cm³/mol. The highest BCUT2D eigenvalue weighted by atomic mass is 16.6. The molecule has 0 atom stereocenters. The molecule has 35 heavy (non-hydrogen) atoms. The molecule has 0 N–H and O–H groups in total. The molecule has 0 saturated heterocycles. The van der Waals surface area contributed by atoms with E-state index in [9.17, 15) is 9.59 Å². The highest BCUT2D eigenvalue weighted by molar-refractivity contribution is 5.95. The van der Waals surface area contributed by atoms with Crippen molar-refractivity contribution in [2.75, 3.05) is 33.8 Å². The van der Waals surface area contributed by atoms with Crippen molar-refractivity contribution in [1.82, 2.24) is 19.8 Å². The molecular weight excluding hydrogens is 448 g/mol. The molecule has 2 aromatic rings. The second-order valence-electron chi connectivity index (χ2n) is 9.32. The average molecular weight is 479 g/mol. The fourth-order valence-electron chi connectivity index (χ4n) is 5.16. The van der Waals surface area contributed by atoms with Gasteiger partial charge in [0.1, 0.15) is 11.4 Å². The largest absolute Gasteiger partial charge is 0.481 e. The third kappa shape index (κ3) is 4.67. The summed E-state index contributed by atoms with van der Waals surface area (Å²) in [5.74, 6) is 0.603. The van der Waals surface area contributed by atoms with Gasteiger partial charge in [-0.05, 0) is 50.4 Å². The van der Waals surface area contributed by atoms with Gasteiger partial charge in [-0.2, -0.15) is 4.98 Å². The molecule has 3 aliphatic rings. The van der Waals surface area contributed by atoms with Crippen LogP contribution in [-0.4, -0.2) is 65.4 Å². The van der Waals surface area contributed by atoms with E-state index in [1.807, 2.05) is 18.0 Å². The first kappa shape index (κ1) is 23.1. The minimum absolute atomic E-state index is 0.0460. The van der Waals surface area contributed by atoms with Gasteiger partial charge in [0.15, 0.2) is 0 Å². The fourth-order valence-corrected chi connectivity index (χ4v) is 5.16. The highest BCUT2D eigenvalue weighted by Gasteiger charge is 2.48. The topological polar surface area (TPSA) is 94.1 Å². The lowest BCUT2D eigenvalue weighted by atomic mass is 9.74. The molecule has 2 aliphatic heterocycles. The van der Waals surface area contributed by atoms with Gasteiger partial charge in [0, 0.05) is 50.4 Å². The number of rotatable bonds is 7. The Hall–Kier alpha value is -3.62. The van der Waals surface area contributed by atoms with Crippen LogP contribution in [0.25, 0.3) is 0 Å². The Balaban J connectivity index is 1.23. The van der Waals surface area contributed by atoms with Crippen LogP contribution in [0.3, 0.4) is 0 Å². The third-order valence-corrected chi connectivity index (χ3v) is 7.16. The summed E-state index contributed by atoms with van der Waals surface area (Å²) in [4.78, 5) is 38.1. The van der Waals surface area contributed by atoms with Crippen LogP contribution in [-0.2, 0) is 15.1 Å². The number of methoxy groups -OCH3 is 1. The molecule has 1 saturated carbocycles. The van der Waals surface area contributed by atoms with Gasteiger partial charge in [0.05, 0.1) is 12.7 Å². The Kier molecular flexibility index (Phi) is 6.32. The summed E-state index contributed by atoms with van der Waals surface area (Å²) >= 11 is 0. The molecule has 9 nitrogen and oxygen atoms in total. The number of esters is 1. The summed E-state index contributed by atoms with van der Waals surface area (Å²) in [7, 11) is 3.40. The molecule has 9 heteroatoms. The smallest absolute Gasteiger partial charge is 0.339 e. The van der Waals surface area contributed by atoms with Gasteiger partial charge in [-0.15, -0.1) is 0 Å². The van der Waals surface area contributed by atoms with E-state index in [0.29, 0.717) is 49.4 Å². The van der Waals surface area contributed by atoms with Crippen LogP contribution >= 0.6 is 0 Å². The van der Waals surface area contributed by atoms with Gasteiger partial charge in [-0.25, -0.2) is 9.78 Å². The summed E-state index contributed by atoms with van der Waals surface area (Å²) in [6.45, 7) is 2.59. The molecule has 184 valence electrons. The van der Waals surface area contributed by atoms with Crippen molar-refractivity contribution < 1.29 is 23.8 Å². The van der Waals surface area contributed by atoms with E-state index in [1.165, 1.54) is 7.11 Å². The summed E-state index contributed by atoms with van der Waals surface area (Å²) in [6, 6.07) is 7.11. The van der Waals surface area contributed by atoms with Crippen molar-refractivity contribution in [3.05, 3.63) is 53.9 Å². The predicted octanol–water partition coefficient (Wildman–Crippen LogP) is 3.51. The summed E-state index contributed by atoms with van der Waals surface area (Å²) in [6.07, 6.45) is 9.52.